The Morgan fingerprint density at radius 3 is 2.85 bits per heavy atom. The van der Waals surface area contributed by atoms with Gasteiger partial charge in [0.05, 0.1) is 0 Å². The number of nitrogen functional groups attached to an aromatic ring is 1. The molecule has 2 N–H and O–H groups in total. The van der Waals surface area contributed by atoms with E-state index in [0.717, 1.165) is 11.3 Å². The molecule has 3 heterocycles. The third-order valence-electron chi connectivity index (χ3n) is 4.21. The van der Waals surface area contributed by atoms with Gasteiger partial charge in [-0.3, -0.25) is 4.79 Å². The zero-order chi connectivity index (χ0) is 18.3. The van der Waals surface area contributed by atoms with Gasteiger partial charge in [-0.1, -0.05) is 6.07 Å². The van der Waals surface area contributed by atoms with Crippen LogP contribution < -0.4 is 15.5 Å². The van der Waals surface area contributed by atoms with Crippen molar-refractivity contribution >= 4 is 23.4 Å². The highest BCUT2D eigenvalue weighted by Gasteiger charge is 2.28. The molecule has 0 atom stereocenters. The van der Waals surface area contributed by atoms with Crippen molar-refractivity contribution in [2.75, 3.05) is 35.7 Å². The quantitative estimate of drug-likeness (QED) is 0.739. The van der Waals surface area contributed by atoms with Gasteiger partial charge in [0.2, 0.25) is 17.7 Å². The SMILES string of the molecule is Cc1nnc(-c2cccc(N3CCN(C)c4nc(N)ncc4C3=O)c2)o1. The Kier molecular flexibility index (Phi) is 3.76. The standard InChI is InChI=1S/C17H17N7O2/c1-10-21-22-15(26-10)11-4-3-5-12(8-11)24-7-6-23(2)14-13(16(24)25)9-19-17(18)20-14/h3-5,8-9H,6-7H2,1-2H3,(H2,18,19,20). The number of carbonyl (C=O) groups is 1. The number of aromatic nitrogens is 4. The summed E-state index contributed by atoms with van der Waals surface area (Å²) in [5.74, 6) is 1.41. The molecule has 2 aromatic heterocycles. The van der Waals surface area contributed by atoms with Gasteiger partial charge in [0.25, 0.3) is 5.91 Å². The van der Waals surface area contributed by atoms with Crippen LogP contribution in [0.1, 0.15) is 16.2 Å². The van der Waals surface area contributed by atoms with Crippen molar-refractivity contribution in [3.8, 4) is 11.5 Å². The van der Waals surface area contributed by atoms with Crippen LogP contribution in [0.4, 0.5) is 17.5 Å². The first kappa shape index (κ1) is 16.0. The van der Waals surface area contributed by atoms with Crippen LogP contribution in [0.5, 0.6) is 0 Å². The Morgan fingerprint density at radius 2 is 2.08 bits per heavy atom. The maximum absolute atomic E-state index is 13.1. The number of hydrogen-bond acceptors (Lipinski definition) is 8. The van der Waals surface area contributed by atoms with Crippen LogP contribution >= 0.6 is 0 Å². The molecule has 0 saturated heterocycles. The largest absolute Gasteiger partial charge is 0.421 e. The highest BCUT2D eigenvalue weighted by Crippen LogP contribution is 2.28. The monoisotopic (exact) mass is 351 g/mol. The average molecular weight is 351 g/mol. The number of fused-ring (bicyclic) bond motifs is 1. The fourth-order valence-corrected chi connectivity index (χ4v) is 2.90. The van der Waals surface area contributed by atoms with Gasteiger partial charge in [0.15, 0.2) is 0 Å². The molecule has 132 valence electrons. The van der Waals surface area contributed by atoms with Crippen LogP contribution in [-0.2, 0) is 0 Å². The maximum Gasteiger partial charge on any atom is 0.263 e. The first-order chi connectivity index (χ1) is 12.5. The fraction of sp³-hybridized carbons (Fsp3) is 0.235. The predicted molar refractivity (Wildman–Crippen MR) is 95.9 cm³/mol. The van der Waals surface area contributed by atoms with Gasteiger partial charge in [-0.15, -0.1) is 10.2 Å². The first-order valence-electron chi connectivity index (χ1n) is 8.09. The number of aryl methyl sites for hydroxylation is 1. The lowest BCUT2D eigenvalue weighted by Gasteiger charge is -2.21. The first-order valence-corrected chi connectivity index (χ1v) is 8.09. The summed E-state index contributed by atoms with van der Waals surface area (Å²) in [6.07, 6.45) is 1.47. The molecular formula is C17H17N7O2. The highest BCUT2D eigenvalue weighted by molar-refractivity contribution is 6.09. The summed E-state index contributed by atoms with van der Waals surface area (Å²) >= 11 is 0. The van der Waals surface area contributed by atoms with Crippen molar-refractivity contribution in [1.82, 2.24) is 20.2 Å². The van der Waals surface area contributed by atoms with E-state index in [0.29, 0.717) is 36.3 Å². The number of carbonyl (C=O) groups excluding carboxylic acids is 1. The third kappa shape index (κ3) is 2.73. The van der Waals surface area contributed by atoms with Crippen LogP contribution in [0.15, 0.2) is 34.9 Å². The second-order valence-electron chi connectivity index (χ2n) is 6.02. The van der Waals surface area contributed by atoms with E-state index in [1.54, 1.807) is 11.8 Å². The van der Waals surface area contributed by atoms with E-state index >= 15 is 0 Å². The summed E-state index contributed by atoms with van der Waals surface area (Å²) in [7, 11) is 1.87. The number of nitrogens with two attached hydrogens (primary N) is 1. The Morgan fingerprint density at radius 1 is 1.23 bits per heavy atom. The second kappa shape index (κ2) is 6.10. The van der Waals surface area contributed by atoms with Crippen LogP contribution in [0.25, 0.3) is 11.5 Å². The molecule has 0 unspecified atom stereocenters. The molecule has 3 aromatic rings. The lowest BCUT2D eigenvalue weighted by molar-refractivity contribution is 0.0989. The Bertz CT molecular complexity index is 985. The summed E-state index contributed by atoms with van der Waals surface area (Å²) in [6.45, 7) is 2.84. The molecule has 0 fully saturated rings. The van der Waals surface area contributed by atoms with E-state index in [4.69, 9.17) is 10.2 Å². The number of likely N-dealkylation sites (N-methyl/N-ethyl adjacent to an activating group) is 1. The predicted octanol–water partition coefficient (Wildman–Crippen LogP) is 1.51. The molecule has 0 bridgehead atoms. The average Bonchev–Trinajstić information content (AvgIpc) is 3.03. The van der Waals surface area contributed by atoms with Gasteiger partial charge < -0.3 is 20.0 Å². The summed E-state index contributed by atoms with van der Waals surface area (Å²) < 4.78 is 5.48. The minimum Gasteiger partial charge on any atom is -0.421 e. The van der Waals surface area contributed by atoms with Crippen molar-refractivity contribution in [2.24, 2.45) is 0 Å². The van der Waals surface area contributed by atoms with Gasteiger partial charge >= 0.3 is 0 Å². The minimum absolute atomic E-state index is 0.144. The van der Waals surface area contributed by atoms with E-state index < -0.39 is 0 Å². The molecule has 9 nitrogen and oxygen atoms in total. The van der Waals surface area contributed by atoms with Crippen molar-refractivity contribution in [3.05, 3.63) is 41.9 Å². The summed E-state index contributed by atoms with van der Waals surface area (Å²) in [5, 5.41) is 7.89. The van der Waals surface area contributed by atoms with Crippen LogP contribution in [0.2, 0.25) is 0 Å². The normalized spacial score (nSPS) is 14.3. The van der Waals surface area contributed by atoms with Crippen LogP contribution in [-0.4, -0.2) is 46.2 Å². The fourth-order valence-electron chi connectivity index (χ4n) is 2.90. The molecule has 4 rings (SSSR count). The summed E-state index contributed by atoms with van der Waals surface area (Å²) in [6, 6.07) is 7.44. The van der Waals surface area contributed by atoms with Crippen molar-refractivity contribution in [2.45, 2.75) is 6.92 Å². The Labute approximate surface area is 149 Å². The van der Waals surface area contributed by atoms with Gasteiger partial charge in [-0.2, -0.15) is 4.98 Å². The molecular weight excluding hydrogens is 334 g/mol. The molecule has 0 saturated carbocycles. The summed E-state index contributed by atoms with van der Waals surface area (Å²) in [5.41, 5.74) is 7.58. The molecule has 1 aromatic carbocycles. The van der Waals surface area contributed by atoms with Gasteiger partial charge in [-0.05, 0) is 18.2 Å². The van der Waals surface area contributed by atoms with Gasteiger partial charge in [0.1, 0.15) is 11.4 Å². The zero-order valence-electron chi connectivity index (χ0n) is 14.4. The van der Waals surface area contributed by atoms with E-state index in [1.807, 2.05) is 36.2 Å². The highest BCUT2D eigenvalue weighted by atomic mass is 16.4. The van der Waals surface area contributed by atoms with E-state index in [2.05, 4.69) is 20.2 Å². The molecule has 9 heteroatoms. The molecule has 1 aliphatic heterocycles. The summed E-state index contributed by atoms with van der Waals surface area (Å²) in [4.78, 5) is 24.8. The molecule has 0 aliphatic carbocycles. The molecule has 1 aliphatic rings. The number of anilines is 3. The van der Waals surface area contributed by atoms with Gasteiger partial charge in [-0.25, -0.2) is 4.98 Å². The number of nitrogens with zero attached hydrogens (tertiary/aromatic N) is 6. The number of hydrogen-bond donors (Lipinski definition) is 1. The Balaban J connectivity index is 1.74. The van der Waals surface area contributed by atoms with E-state index in [9.17, 15) is 4.79 Å². The molecule has 26 heavy (non-hydrogen) atoms. The number of benzene rings is 1. The number of amides is 1. The lowest BCUT2D eigenvalue weighted by Crippen LogP contribution is -2.33. The van der Waals surface area contributed by atoms with Crippen molar-refractivity contribution in [3.63, 3.8) is 0 Å². The number of rotatable bonds is 2. The topological polar surface area (TPSA) is 114 Å². The van der Waals surface area contributed by atoms with Crippen LogP contribution in [0.3, 0.4) is 0 Å². The molecule has 0 radical (unpaired) electrons. The second-order valence-corrected chi connectivity index (χ2v) is 6.02. The van der Waals surface area contributed by atoms with Crippen molar-refractivity contribution < 1.29 is 9.21 Å². The van der Waals surface area contributed by atoms with Gasteiger partial charge in [0, 0.05) is 44.5 Å². The Hall–Kier alpha value is -3.49. The van der Waals surface area contributed by atoms with Crippen LogP contribution in [0, 0.1) is 6.92 Å². The third-order valence-corrected chi connectivity index (χ3v) is 4.21. The maximum atomic E-state index is 13.1. The lowest BCUT2D eigenvalue weighted by atomic mass is 10.1. The van der Waals surface area contributed by atoms with E-state index in [1.165, 1.54) is 6.20 Å². The van der Waals surface area contributed by atoms with Crippen molar-refractivity contribution in [1.29, 1.82) is 0 Å². The van der Waals surface area contributed by atoms with E-state index in [-0.39, 0.29) is 11.9 Å². The minimum atomic E-state index is -0.178. The molecule has 0 spiro atoms. The zero-order valence-corrected chi connectivity index (χ0v) is 14.4. The smallest absolute Gasteiger partial charge is 0.263 e. The molecule has 1 amide bonds.